The van der Waals surface area contributed by atoms with Crippen LogP contribution in [0.15, 0.2) is 188 Å². The maximum absolute atomic E-state index is 5.42. The topological polar surface area (TPSA) is 41.9 Å². The van der Waals surface area contributed by atoms with Gasteiger partial charge in [0.25, 0.3) is 0 Å². The molecule has 1 aliphatic heterocycles. The van der Waals surface area contributed by atoms with Crippen molar-refractivity contribution in [2.45, 2.75) is 31.7 Å². The molecule has 0 N–H and O–H groups in total. The number of anilines is 1. The minimum absolute atomic E-state index is 0.132. The molecule has 5 aromatic carbocycles. The van der Waals surface area contributed by atoms with Crippen LogP contribution in [0.4, 0.5) is 5.69 Å². The average Bonchev–Trinajstić information content (AvgIpc) is 3.53. The molecule has 3 atom stereocenters. The first-order valence-corrected chi connectivity index (χ1v) is 19.2. The molecule has 264 valence electrons. The Morgan fingerprint density at radius 3 is 1.95 bits per heavy atom. The summed E-state index contributed by atoms with van der Waals surface area (Å²) in [5.74, 6) is 1.30. The fourth-order valence-corrected chi connectivity index (χ4v) is 8.63. The third kappa shape index (κ3) is 5.73. The van der Waals surface area contributed by atoms with Gasteiger partial charge in [0.05, 0.1) is 33.8 Å². The number of aromatic nitrogens is 3. The van der Waals surface area contributed by atoms with E-state index in [4.69, 9.17) is 15.0 Å². The molecule has 0 spiro atoms. The van der Waals surface area contributed by atoms with Gasteiger partial charge in [-0.1, -0.05) is 171 Å². The average molecular weight is 709 g/mol. The van der Waals surface area contributed by atoms with Crippen LogP contribution in [-0.2, 0) is 0 Å². The number of fused-ring (bicyclic) bond motifs is 5. The molecule has 3 unspecified atom stereocenters. The van der Waals surface area contributed by atoms with E-state index in [0.29, 0.717) is 11.7 Å². The van der Waals surface area contributed by atoms with E-state index in [9.17, 15) is 0 Å². The fourth-order valence-electron chi connectivity index (χ4n) is 8.63. The summed E-state index contributed by atoms with van der Waals surface area (Å²) in [6.45, 7) is 4.68. The minimum atomic E-state index is -0.272. The standard InChI is InChI=1S/C51H40N4/c1-34-14-13-19-41(32-34)55-49-42-20-9-10-22-44(42)52-48(47(49)43-21-11-12-31-51(43,55)2)39-27-29-40(30-28-39)50-53-45(37-17-7-4-8-18-37)33-46(54-50)38-25-23-36(24-26-38)35-15-5-3-6-16-35/h3-13,15-34,43H,14H2,1-2H3. The van der Waals surface area contributed by atoms with Crippen molar-refractivity contribution in [3.05, 3.63) is 193 Å². The summed E-state index contributed by atoms with van der Waals surface area (Å²) in [5, 5.41) is 1.18. The van der Waals surface area contributed by atoms with Gasteiger partial charge in [-0.25, -0.2) is 15.0 Å². The van der Waals surface area contributed by atoms with Gasteiger partial charge in [-0.15, -0.1) is 0 Å². The molecule has 2 aliphatic carbocycles. The van der Waals surface area contributed by atoms with E-state index in [2.05, 4.69) is 189 Å². The highest BCUT2D eigenvalue weighted by atomic mass is 15.2. The van der Waals surface area contributed by atoms with Crippen LogP contribution in [0.5, 0.6) is 0 Å². The molecule has 3 heterocycles. The van der Waals surface area contributed by atoms with Gasteiger partial charge in [0.1, 0.15) is 0 Å². The van der Waals surface area contributed by atoms with Crippen molar-refractivity contribution >= 4 is 16.6 Å². The fraction of sp³-hybridized carbons (Fsp3) is 0.118. The normalized spacial score (nSPS) is 19.7. The number of pyridine rings is 1. The van der Waals surface area contributed by atoms with Gasteiger partial charge in [-0.05, 0) is 48.6 Å². The molecule has 0 saturated heterocycles. The highest BCUT2D eigenvalue weighted by molar-refractivity contribution is 6.01. The Morgan fingerprint density at radius 1 is 0.618 bits per heavy atom. The highest BCUT2D eigenvalue weighted by Crippen LogP contribution is 2.57. The Bertz CT molecular complexity index is 2690. The summed E-state index contributed by atoms with van der Waals surface area (Å²) in [4.78, 5) is 18.3. The maximum atomic E-state index is 5.42. The van der Waals surface area contributed by atoms with Gasteiger partial charge in [0.2, 0.25) is 0 Å². The van der Waals surface area contributed by atoms with Crippen LogP contribution in [0, 0.1) is 5.92 Å². The lowest BCUT2D eigenvalue weighted by molar-refractivity contribution is 0.527. The molecule has 0 saturated carbocycles. The monoisotopic (exact) mass is 708 g/mol. The number of hydrogen-bond acceptors (Lipinski definition) is 4. The lowest BCUT2D eigenvalue weighted by atomic mass is 9.79. The summed E-state index contributed by atoms with van der Waals surface area (Å²) in [6.07, 6.45) is 17.3. The van der Waals surface area contributed by atoms with E-state index in [1.165, 1.54) is 33.5 Å². The second-order valence-electron chi connectivity index (χ2n) is 15.1. The van der Waals surface area contributed by atoms with Crippen molar-refractivity contribution in [1.82, 2.24) is 15.0 Å². The molecule has 55 heavy (non-hydrogen) atoms. The van der Waals surface area contributed by atoms with E-state index in [0.717, 1.165) is 51.3 Å². The number of para-hydroxylation sites is 1. The number of hydrogen-bond donors (Lipinski definition) is 0. The van der Waals surface area contributed by atoms with Gasteiger partial charge < -0.3 is 4.90 Å². The van der Waals surface area contributed by atoms with Crippen LogP contribution < -0.4 is 4.90 Å². The molecule has 7 aromatic rings. The lowest BCUT2D eigenvalue weighted by Gasteiger charge is -2.40. The summed E-state index contributed by atoms with van der Waals surface area (Å²) in [5.41, 5.74) is 13.8. The molecule has 3 aliphatic rings. The van der Waals surface area contributed by atoms with Crippen molar-refractivity contribution in [1.29, 1.82) is 0 Å². The van der Waals surface area contributed by atoms with E-state index < -0.39 is 0 Å². The Kier molecular flexibility index (Phi) is 7.99. The largest absolute Gasteiger partial charge is 0.331 e. The Balaban J connectivity index is 1.09. The zero-order valence-electron chi connectivity index (χ0n) is 31.0. The number of rotatable bonds is 6. The van der Waals surface area contributed by atoms with Gasteiger partial charge in [-0.3, -0.25) is 0 Å². The second kappa shape index (κ2) is 13.3. The Morgan fingerprint density at radius 2 is 1.22 bits per heavy atom. The van der Waals surface area contributed by atoms with Crippen LogP contribution >= 0.6 is 0 Å². The predicted octanol–water partition coefficient (Wildman–Crippen LogP) is 12.6. The van der Waals surface area contributed by atoms with Crippen molar-refractivity contribution in [2.24, 2.45) is 5.92 Å². The van der Waals surface area contributed by atoms with Crippen molar-refractivity contribution < 1.29 is 0 Å². The van der Waals surface area contributed by atoms with E-state index in [1.807, 2.05) is 12.1 Å². The van der Waals surface area contributed by atoms with Crippen molar-refractivity contribution in [3.8, 4) is 56.3 Å². The van der Waals surface area contributed by atoms with Crippen molar-refractivity contribution in [2.75, 3.05) is 4.90 Å². The number of benzene rings is 5. The summed E-state index contributed by atoms with van der Waals surface area (Å²) in [6, 6.07) is 48.9. The quantitative estimate of drug-likeness (QED) is 0.172. The Hall–Kier alpha value is -6.65. The van der Waals surface area contributed by atoms with E-state index in [-0.39, 0.29) is 11.5 Å². The molecule has 4 nitrogen and oxygen atoms in total. The number of allylic oxidation sites excluding steroid dienone is 5. The SMILES string of the molecule is CC1C=C(N2c3c(c(-c4ccc(-c5nc(-c6ccccc6)cc(-c6ccc(-c7ccccc7)cc6)n5)cc4)nc4ccccc34)C3C=CC=CC32C)C=CC1. The van der Waals surface area contributed by atoms with E-state index in [1.54, 1.807) is 0 Å². The molecule has 4 heteroatoms. The predicted molar refractivity (Wildman–Crippen MR) is 227 cm³/mol. The highest BCUT2D eigenvalue weighted by Gasteiger charge is 2.50. The van der Waals surface area contributed by atoms with Gasteiger partial charge in [-0.2, -0.15) is 0 Å². The summed E-state index contributed by atoms with van der Waals surface area (Å²) in [7, 11) is 0. The lowest BCUT2D eigenvalue weighted by Crippen LogP contribution is -2.44. The van der Waals surface area contributed by atoms with Crippen LogP contribution in [0.3, 0.4) is 0 Å². The zero-order valence-corrected chi connectivity index (χ0v) is 31.0. The zero-order chi connectivity index (χ0) is 36.9. The molecule has 10 rings (SSSR count). The van der Waals surface area contributed by atoms with Crippen LogP contribution in [0.1, 0.15) is 31.7 Å². The van der Waals surface area contributed by atoms with Gasteiger partial charge in [0.15, 0.2) is 5.82 Å². The van der Waals surface area contributed by atoms with Gasteiger partial charge in [0, 0.05) is 44.8 Å². The third-order valence-electron chi connectivity index (χ3n) is 11.4. The molecular formula is C51H40N4. The second-order valence-corrected chi connectivity index (χ2v) is 15.1. The first-order chi connectivity index (χ1) is 27.0. The van der Waals surface area contributed by atoms with E-state index >= 15 is 0 Å². The molecule has 0 fully saturated rings. The first kappa shape index (κ1) is 33.0. The maximum Gasteiger partial charge on any atom is 0.160 e. The third-order valence-corrected chi connectivity index (χ3v) is 11.4. The van der Waals surface area contributed by atoms with Gasteiger partial charge >= 0.3 is 0 Å². The summed E-state index contributed by atoms with van der Waals surface area (Å²) < 4.78 is 0. The number of nitrogens with zero attached hydrogens (tertiary/aromatic N) is 4. The molecule has 2 aromatic heterocycles. The first-order valence-electron chi connectivity index (χ1n) is 19.2. The molecular weight excluding hydrogens is 669 g/mol. The van der Waals surface area contributed by atoms with Crippen molar-refractivity contribution in [3.63, 3.8) is 0 Å². The molecule has 0 bridgehead atoms. The molecule has 0 amide bonds. The van der Waals surface area contributed by atoms with Crippen LogP contribution in [0.25, 0.3) is 67.2 Å². The molecule has 0 radical (unpaired) electrons. The van der Waals surface area contributed by atoms with Crippen LogP contribution in [0.2, 0.25) is 0 Å². The smallest absolute Gasteiger partial charge is 0.160 e. The Labute approximate surface area is 322 Å². The minimum Gasteiger partial charge on any atom is -0.331 e. The van der Waals surface area contributed by atoms with Crippen LogP contribution in [-0.4, -0.2) is 20.5 Å². The summed E-state index contributed by atoms with van der Waals surface area (Å²) >= 11 is 0.